The van der Waals surface area contributed by atoms with Crippen LogP contribution in [0.15, 0.2) is 23.8 Å². The number of allylic oxidation sites excluding steroid dienone is 4. The van der Waals surface area contributed by atoms with Crippen molar-refractivity contribution in [3.05, 3.63) is 23.8 Å². The lowest BCUT2D eigenvalue weighted by Gasteiger charge is -2.01. The highest BCUT2D eigenvalue weighted by molar-refractivity contribution is 5.11. The van der Waals surface area contributed by atoms with E-state index in [2.05, 4.69) is 32.9 Å². The average molecular weight is 124 g/mol. The van der Waals surface area contributed by atoms with E-state index in [9.17, 15) is 0 Å². The first kappa shape index (κ1) is 8.48. The van der Waals surface area contributed by atoms with Crippen LogP contribution in [0.1, 0.15) is 27.7 Å². The first-order chi connectivity index (χ1) is 4.18. The molecule has 0 nitrogen and oxygen atoms in total. The quantitative estimate of drug-likeness (QED) is 0.496. The Morgan fingerprint density at radius 1 is 1.33 bits per heavy atom. The Labute approximate surface area is 58.3 Å². The molecule has 0 aromatic rings. The largest absolute Gasteiger partial charge is 0.0877 e. The Bertz CT molecular complexity index is 116. The van der Waals surface area contributed by atoms with E-state index in [-0.39, 0.29) is 0 Å². The van der Waals surface area contributed by atoms with Crippen LogP contribution < -0.4 is 0 Å². The zero-order valence-corrected chi connectivity index (χ0v) is 6.81. The lowest BCUT2D eigenvalue weighted by atomic mass is 10.1. The third-order valence-corrected chi connectivity index (χ3v) is 1.46. The van der Waals surface area contributed by atoms with Gasteiger partial charge in [-0.1, -0.05) is 37.6 Å². The summed E-state index contributed by atoms with van der Waals surface area (Å²) in [5, 5.41) is 0. The predicted molar refractivity (Wildman–Crippen MR) is 43.4 cm³/mol. The minimum absolute atomic E-state index is 0.682. The van der Waals surface area contributed by atoms with Crippen molar-refractivity contribution < 1.29 is 0 Å². The van der Waals surface area contributed by atoms with Crippen molar-refractivity contribution in [1.29, 1.82) is 0 Å². The third-order valence-electron chi connectivity index (χ3n) is 1.46. The van der Waals surface area contributed by atoms with Crippen molar-refractivity contribution >= 4 is 0 Å². The maximum absolute atomic E-state index is 2.20. The molecule has 0 amide bonds. The molecule has 0 atom stereocenters. The van der Waals surface area contributed by atoms with Gasteiger partial charge in [-0.3, -0.25) is 0 Å². The highest BCUT2D eigenvalue weighted by Crippen LogP contribution is 2.06. The Morgan fingerprint density at radius 2 is 1.89 bits per heavy atom. The second-order valence-electron chi connectivity index (χ2n) is 2.59. The molecule has 0 heteroatoms. The molecule has 0 rings (SSSR count). The van der Waals surface area contributed by atoms with Crippen molar-refractivity contribution in [3.63, 3.8) is 0 Å². The lowest BCUT2D eigenvalue weighted by Crippen LogP contribution is -1.86. The number of hydrogen-bond donors (Lipinski definition) is 0. The van der Waals surface area contributed by atoms with Crippen LogP contribution in [0.2, 0.25) is 0 Å². The van der Waals surface area contributed by atoms with Gasteiger partial charge < -0.3 is 0 Å². The monoisotopic (exact) mass is 124 g/mol. The molecular weight excluding hydrogens is 108 g/mol. The van der Waals surface area contributed by atoms with E-state index in [1.807, 2.05) is 13.0 Å². The van der Waals surface area contributed by atoms with E-state index in [1.54, 1.807) is 0 Å². The standard InChI is InChI=1S/C9H16/c1-5-6-7-9(4)8(2)3/h5-8H,1-4H3. The first-order valence-electron chi connectivity index (χ1n) is 3.48. The summed E-state index contributed by atoms with van der Waals surface area (Å²) in [6.07, 6.45) is 6.28. The van der Waals surface area contributed by atoms with Crippen LogP contribution in [0, 0.1) is 5.92 Å². The molecule has 0 radical (unpaired) electrons. The van der Waals surface area contributed by atoms with Crippen molar-refractivity contribution in [2.45, 2.75) is 27.7 Å². The molecule has 0 aromatic heterocycles. The zero-order valence-electron chi connectivity index (χ0n) is 6.81. The second-order valence-corrected chi connectivity index (χ2v) is 2.59. The summed E-state index contributed by atoms with van der Waals surface area (Å²) in [5.41, 5.74) is 1.44. The molecule has 9 heavy (non-hydrogen) atoms. The summed E-state index contributed by atoms with van der Waals surface area (Å²) < 4.78 is 0. The summed E-state index contributed by atoms with van der Waals surface area (Å²) in [6.45, 7) is 8.60. The third kappa shape index (κ3) is 4.01. The summed E-state index contributed by atoms with van der Waals surface area (Å²) in [5.74, 6) is 0.682. The van der Waals surface area contributed by atoms with Gasteiger partial charge in [0.05, 0.1) is 0 Å². The molecule has 0 bridgehead atoms. The molecule has 0 unspecified atom stereocenters. The van der Waals surface area contributed by atoms with Gasteiger partial charge in [0.2, 0.25) is 0 Å². The van der Waals surface area contributed by atoms with Crippen LogP contribution in [0.5, 0.6) is 0 Å². The predicted octanol–water partition coefficient (Wildman–Crippen LogP) is 3.16. The molecule has 0 spiro atoms. The normalized spacial score (nSPS) is 13.7. The summed E-state index contributed by atoms with van der Waals surface area (Å²) in [7, 11) is 0. The topological polar surface area (TPSA) is 0 Å². The SMILES string of the molecule is CC=CC=C(C)C(C)C. The van der Waals surface area contributed by atoms with Crippen molar-refractivity contribution in [2.24, 2.45) is 5.92 Å². The molecule has 0 heterocycles. The Kier molecular flexibility index (Phi) is 4.12. The van der Waals surface area contributed by atoms with E-state index < -0.39 is 0 Å². The fraction of sp³-hybridized carbons (Fsp3) is 0.556. The molecule has 0 N–H and O–H groups in total. The fourth-order valence-electron chi connectivity index (χ4n) is 0.440. The van der Waals surface area contributed by atoms with Gasteiger partial charge in [0, 0.05) is 0 Å². The average Bonchev–Trinajstić information content (AvgIpc) is 1.82. The van der Waals surface area contributed by atoms with Gasteiger partial charge in [0.15, 0.2) is 0 Å². The Balaban J connectivity index is 3.84. The molecule has 52 valence electrons. The van der Waals surface area contributed by atoms with E-state index in [1.165, 1.54) is 5.57 Å². The van der Waals surface area contributed by atoms with Crippen LogP contribution in [0.4, 0.5) is 0 Å². The smallest absolute Gasteiger partial charge is 0.0260 e. The van der Waals surface area contributed by atoms with E-state index in [4.69, 9.17) is 0 Å². The van der Waals surface area contributed by atoms with E-state index in [0.717, 1.165) is 0 Å². The van der Waals surface area contributed by atoms with Crippen LogP contribution >= 0.6 is 0 Å². The molecule has 0 aliphatic heterocycles. The fourth-order valence-corrected chi connectivity index (χ4v) is 0.440. The van der Waals surface area contributed by atoms with Crippen LogP contribution in [0.3, 0.4) is 0 Å². The maximum Gasteiger partial charge on any atom is -0.0260 e. The van der Waals surface area contributed by atoms with Gasteiger partial charge in [-0.05, 0) is 19.8 Å². The van der Waals surface area contributed by atoms with Crippen LogP contribution in [-0.2, 0) is 0 Å². The molecule has 0 aromatic carbocycles. The van der Waals surface area contributed by atoms with Crippen molar-refractivity contribution in [2.75, 3.05) is 0 Å². The zero-order chi connectivity index (χ0) is 7.28. The number of hydrogen-bond acceptors (Lipinski definition) is 0. The van der Waals surface area contributed by atoms with Crippen molar-refractivity contribution in [1.82, 2.24) is 0 Å². The molecule has 0 saturated heterocycles. The van der Waals surface area contributed by atoms with E-state index in [0.29, 0.717) is 5.92 Å². The first-order valence-corrected chi connectivity index (χ1v) is 3.48. The summed E-state index contributed by atoms with van der Waals surface area (Å²) in [6, 6.07) is 0. The van der Waals surface area contributed by atoms with Gasteiger partial charge in [-0.2, -0.15) is 0 Å². The molecule has 0 saturated carbocycles. The van der Waals surface area contributed by atoms with Gasteiger partial charge in [0.25, 0.3) is 0 Å². The Morgan fingerprint density at radius 3 is 2.22 bits per heavy atom. The van der Waals surface area contributed by atoms with Crippen LogP contribution in [0.25, 0.3) is 0 Å². The number of rotatable bonds is 2. The summed E-state index contributed by atoms with van der Waals surface area (Å²) >= 11 is 0. The molecule has 0 fully saturated rings. The molecular formula is C9H16. The molecule has 0 aliphatic rings. The van der Waals surface area contributed by atoms with E-state index >= 15 is 0 Å². The summed E-state index contributed by atoms with van der Waals surface area (Å²) in [4.78, 5) is 0. The van der Waals surface area contributed by atoms with Gasteiger partial charge in [-0.25, -0.2) is 0 Å². The van der Waals surface area contributed by atoms with Crippen LogP contribution in [-0.4, -0.2) is 0 Å². The lowest BCUT2D eigenvalue weighted by molar-refractivity contribution is 0.769. The van der Waals surface area contributed by atoms with Gasteiger partial charge >= 0.3 is 0 Å². The highest BCUT2D eigenvalue weighted by Gasteiger charge is 1.91. The van der Waals surface area contributed by atoms with Gasteiger partial charge in [-0.15, -0.1) is 0 Å². The molecule has 0 aliphatic carbocycles. The minimum Gasteiger partial charge on any atom is -0.0877 e. The van der Waals surface area contributed by atoms with Crippen molar-refractivity contribution in [3.8, 4) is 0 Å². The Hall–Kier alpha value is -0.520. The minimum atomic E-state index is 0.682. The van der Waals surface area contributed by atoms with Gasteiger partial charge in [0.1, 0.15) is 0 Å². The highest BCUT2D eigenvalue weighted by atomic mass is 14.0. The second kappa shape index (κ2) is 4.37. The maximum atomic E-state index is 2.20.